The third-order valence-electron chi connectivity index (χ3n) is 3.53. The van der Waals surface area contributed by atoms with Crippen LogP contribution in [-0.2, 0) is 6.42 Å². The predicted molar refractivity (Wildman–Crippen MR) is 79.5 cm³/mol. The molecule has 0 aliphatic rings. The number of hydrogen-bond acceptors (Lipinski definition) is 3. The van der Waals surface area contributed by atoms with Gasteiger partial charge in [-0.05, 0) is 25.8 Å². The second kappa shape index (κ2) is 5.36. The maximum atomic E-state index is 11.5. The van der Waals surface area contributed by atoms with Gasteiger partial charge >= 0.3 is 0 Å². The predicted octanol–water partition coefficient (Wildman–Crippen LogP) is 2.04. The summed E-state index contributed by atoms with van der Waals surface area (Å²) in [6, 6.07) is 8.12. The van der Waals surface area contributed by atoms with Crippen LogP contribution in [0.3, 0.4) is 0 Å². The Balaban J connectivity index is 2.47. The maximum absolute atomic E-state index is 11.5. The number of aromatic nitrogens is 2. The first-order chi connectivity index (χ1) is 9.45. The zero-order valence-corrected chi connectivity index (χ0v) is 12.1. The summed E-state index contributed by atoms with van der Waals surface area (Å²) in [6.45, 7) is 5.96. The average molecular weight is 272 g/mol. The summed E-state index contributed by atoms with van der Waals surface area (Å²) in [6.07, 6.45) is 0.621. The molecule has 0 saturated carbocycles. The highest BCUT2D eigenvalue weighted by atomic mass is 16.1. The Morgan fingerprint density at radius 2 is 1.95 bits per heavy atom. The first-order valence-corrected chi connectivity index (χ1v) is 6.68. The molecule has 5 heteroatoms. The van der Waals surface area contributed by atoms with E-state index in [-0.39, 0.29) is 6.04 Å². The highest BCUT2D eigenvalue weighted by Crippen LogP contribution is 2.25. The van der Waals surface area contributed by atoms with Crippen molar-refractivity contribution in [3.8, 4) is 0 Å². The molecule has 20 heavy (non-hydrogen) atoms. The van der Waals surface area contributed by atoms with Crippen molar-refractivity contribution in [2.45, 2.75) is 33.2 Å². The number of aryl methyl sites for hydroxylation is 2. The Labute approximate surface area is 118 Å². The quantitative estimate of drug-likeness (QED) is 0.893. The number of nitrogens with two attached hydrogens (primary N) is 2. The fourth-order valence-corrected chi connectivity index (χ4v) is 2.29. The van der Waals surface area contributed by atoms with Gasteiger partial charge in [-0.25, -0.2) is 4.68 Å². The molecule has 2 rings (SSSR count). The lowest BCUT2D eigenvalue weighted by molar-refractivity contribution is 0.100. The summed E-state index contributed by atoms with van der Waals surface area (Å²) in [4.78, 5) is 11.5. The lowest BCUT2D eigenvalue weighted by atomic mass is 10.1. The Bertz CT molecular complexity index is 628. The van der Waals surface area contributed by atoms with Crippen molar-refractivity contribution in [3.63, 3.8) is 0 Å². The summed E-state index contributed by atoms with van der Waals surface area (Å²) in [7, 11) is 0. The van der Waals surface area contributed by atoms with E-state index in [2.05, 4.69) is 5.10 Å². The average Bonchev–Trinajstić information content (AvgIpc) is 2.75. The largest absolute Gasteiger partial charge is 0.383 e. The van der Waals surface area contributed by atoms with E-state index in [9.17, 15) is 4.79 Å². The van der Waals surface area contributed by atoms with Gasteiger partial charge in [-0.15, -0.1) is 0 Å². The van der Waals surface area contributed by atoms with Crippen LogP contribution in [0.5, 0.6) is 0 Å². The highest BCUT2D eigenvalue weighted by molar-refractivity contribution is 5.98. The van der Waals surface area contributed by atoms with Crippen molar-refractivity contribution in [2.75, 3.05) is 5.73 Å². The molecule has 4 N–H and O–H groups in total. The molecule has 0 saturated heterocycles. The zero-order chi connectivity index (χ0) is 14.9. The van der Waals surface area contributed by atoms with E-state index in [1.807, 2.05) is 45.0 Å². The van der Waals surface area contributed by atoms with Crippen molar-refractivity contribution >= 4 is 11.7 Å². The molecular formula is C15H20N4O. The molecule has 1 aromatic carbocycles. The van der Waals surface area contributed by atoms with Crippen LogP contribution in [0.4, 0.5) is 5.82 Å². The monoisotopic (exact) mass is 272 g/mol. The van der Waals surface area contributed by atoms with E-state index in [0.29, 0.717) is 23.5 Å². The smallest absolute Gasteiger partial charge is 0.254 e. The first kappa shape index (κ1) is 14.1. The first-order valence-electron chi connectivity index (χ1n) is 6.68. The Kier molecular flexibility index (Phi) is 3.79. The summed E-state index contributed by atoms with van der Waals surface area (Å²) in [5.74, 6) is -0.191. The van der Waals surface area contributed by atoms with Gasteiger partial charge in [0.05, 0.1) is 11.7 Å². The number of primary amides is 1. The van der Waals surface area contributed by atoms with Crippen molar-refractivity contribution in [3.05, 3.63) is 46.6 Å². The normalized spacial score (nSPS) is 12.3. The van der Waals surface area contributed by atoms with E-state index < -0.39 is 5.91 Å². The van der Waals surface area contributed by atoms with Gasteiger partial charge in [-0.3, -0.25) is 4.79 Å². The number of carbonyl (C=O) groups is 1. The van der Waals surface area contributed by atoms with Gasteiger partial charge < -0.3 is 11.5 Å². The molecule has 2 aromatic rings. The number of carbonyl (C=O) groups excluding carboxylic acids is 1. The molecule has 1 atom stereocenters. The van der Waals surface area contributed by atoms with Crippen LogP contribution >= 0.6 is 0 Å². The van der Waals surface area contributed by atoms with Crippen LogP contribution < -0.4 is 11.5 Å². The van der Waals surface area contributed by atoms with Gasteiger partial charge in [-0.2, -0.15) is 5.10 Å². The Hall–Kier alpha value is -2.30. The molecule has 1 aromatic heterocycles. The van der Waals surface area contributed by atoms with Gasteiger partial charge in [-0.1, -0.05) is 36.8 Å². The summed E-state index contributed by atoms with van der Waals surface area (Å²) < 4.78 is 1.67. The number of anilines is 1. The molecule has 5 nitrogen and oxygen atoms in total. The molecule has 1 heterocycles. The third kappa shape index (κ3) is 2.39. The molecule has 1 unspecified atom stereocenters. The van der Waals surface area contributed by atoms with Gasteiger partial charge in [0.15, 0.2) is 0 Å². The number of benzene rings is 1. The van der Waals surface area contributed by atoms with Crippen molar-refractivity contribution in [1.82, 2.24) is 9.78 Å². The molecule has 0 bridgehead atoms. The molecule has 106 valence electrons. The van der Waals surface area contributed by atoms with Crippen molar-refractivity contribution in [2.24, 2.45) is 5.73 Å². The Morgan fingerprint density at radius 3 is 2.40 bits per heavy atom. The number of nitrogens with zero attached hydrogens (tertiary/aromatic N) is 2. The van der Waals surface area contributed by atoms with Crippen LogP contribution in [-0.4, -0.2) is 15.7 Å². The fraction of sp³-hybridized carbons (Fsp3) is 0.333. The molecule has 0 aliphatic carbocycles. The second-order valence-corrected chi connectivity index (χ2v) is 4.96. The zero-order valence-electron chi connectivity index (χ0n) is 12.1. The van der Waals surface area contributed by atoms with Gasteiger partial charge in [0.1, 0.15) is 11.4 Å². The van der Waals surface area contributed by atoms with Crippen molar-refractivity contribution < 1.29 is 4.79 Å². The highest BCUT2D eigenvalue weighted by Gasteiger charge is 2.22. The minimum absolute atomic E-state index is 0.0472. The van der Waals surface area contributed by atoms with E-state index in [1.54, 1.807) is 4.68 Å². The lowest BCUT2D eigenvalue weighted by Gasteiger charge is -2.14. The number of nitrogen functional groups attached to an aromatic ring is 1. The standard InChI is InChI=1S/C15H20N4O/c1-4-12-13(15(17)20)14(16)19(18-12)10(3)11-7-5-9(2)6-8-11/h5-8,10H,4,16H2,1-3H3,(H2,17,20). The Morgan fingerprint density at radius 1 is 1.35 bits per heavy atom. The minimum Gasteiger partial charge on any atom is -0.383 e. The number of hydrogen-bond donors (Lipinski definition) is 2. The van der Waals surface area contributed by atoms with Crippen LogP contribution in [0.1, 0.15) is 47.1 Å². The van der Waals surface area contributed by atoms with Crippen molar-refractivity contribution in [1.29, 1.82) is 0 Å². The maximum Gasteiger partial charge on any atom is 0.254 e. The van der Waals surface area contributed by atoms with E-state index >= 15 is 0 Å². The van der Waals surface area contributed by atoms with Crippen LogP contribution in [0.15, 0.2) is 24.3 Å². The van der Waals surface area contributed by atoms with Crippen LogP contribution in [0.2, 0.25) is 0 Å². The summed E-state index contributed by atoms with van der Waals surface area (Å²) >= 11 is 0. The molecule has 0 radical (unpaired) electrons. The molecule has 0 aliphatic heterocycles. The molecule has 0 spiro atoms. The third-order valence-corrected chi connectivity index (χ3v) is 3.53. The van der Waals surface area contributed by atoms with E-state index in [4.69, 9.17) is 11.5 Å². The van der Waals surface area contributed by atoms with Gasteiger partial charge in [0, 0.05) is 0 Å². The summed E-state index contributed by atoms with van der Waals surface area (Å²) in [5.41, 5.74) is 14.7. The lowest BCUT2D eigenvalue weighted by Crippen LogP contribution is -2.16. The fourth-order valence-electron chi connectivity index (χ4n) is 2.29. The van der Waals surface area contributed by atoms with Gasteiger partial charge in [0.2, 0.25) is 0 Å². The minimum atomic E-state index is -0.526. The summed E-state index contributed by atoms with van der Waals surface area (Å²) in [5, 5.41) is 4.44. The SMILES string of the molecule is CCc1nn(C(C)c2ccc(C)cc2)c(N)c1C(N)=O. The number of amides is 1. The molecule has 1 amide bonds. The molecule has 0 fully saturated rings. The van der Waals surface area contributed by atoms with Crippen LogP contribution in [0, 0.1) is 6.92 Å². The second-order valence-electron chi connectivity index (χ2n) is 4.96. The van der Waals surface area contributed by atoms with Crippen LogP contribution in [0.25, 0.3) is 0 Å². The number of rotatable bonds is 4. The van der Waals surface area contributed by atoms with E-state index in [0.717, 1.165) is 5.56 Å². The topological polar surface area (TPSA) is 86.9 Å². The molecular weight excluding hydrogens is 252 g/mol. The van der Waals surface area contributed by atoms with E-state index in [1.165, 1.54) is 5.56 Å². The van der Waals surface area contributed by atoms with Gasteiger partial charge in [0.25, 0.3) is 5.91 Å².